The van der Waals surface area contributed by atoms with Crippen LogP contribution in [0.1, 0.15) is 112 Å². The lowest BCUT2D eigenvalue weighted by molar-refractivity contribution is -0.517. The molecule has 5 aliphatic heterocycles. The van der Waals surface area contributed by atoms with Crippen LogP contribution in [0.3, 0.4) is 0 Å². The summed E-state index contributed by atoms with van der Waals surface area (Å²) in [5.74, 6) is -0.928. The fourth-order valence-corrected chi connectivity index (χ4v) is 23.3. The van der Waals surface area contributed by atoms with Crippen LogP contribution in [0.5, 0.6) is 0 Å². The second-order valence-electron chi connectivity index (χ2n) is 41.5. The maximum absolute atomic E-state index is 11.2. The molecule has 12 aliphatic rings. The van der Waals surface area contributed by atoms with Gasteiger partial charge in [0.2, 0.25) is 0 Å². The molecule has 7 aliphatic carbocycles. The van der Waals surface area contributed by atoms with Gasteiger partial charge in [-0.3, -0.25) is 0 Å². The highest BCUT2D eigenvalue weighted by Crippen LogP contribution is 2.44. The molecule has 48 heteroatoms. The van der Waals surface area contributed by atoms with Crippen molar-refractivity contribution in [3.05, 3.63) is 0 Å². The van der Waals surface area contributed by atoms with Gasteiger partial charge in [0.05, 0.1) is 107 Å². The summed E-state index contributed by atoms with van der Waals surface area (Å²) in [7, 11) is 0. The van der Waals surface area contributed by atoms with Gasteiger partial charge in [0.25, 0.3) is 0 Å². The van der Waals surface area contributed by atoms with Crippen molar-refractivity contribution in [1.82, 2.24) is 0 Å². The number of aliphatic hydroxyl groups excluding tert-OH is 19. The van der Waals surface area contributed by atoms with E-state index in [1.54, 1.807) is 6.92 Å². The average molecular weight is 1930 g/mol. The van der Waals surface area contributed by atoms with Gasteiger partial charge in [0.1, 0.15) is 220 Å². The molecule has 0 aromatic heterocycles. The Balaban J connectivity index is 0.000000198. The van der Waals surface area contributed by atoms with Gasteiger partial charge in [0.15, 0.2) is 18.7 Å². The topological polar surface area (TPSA) is 995 Å². The number of hydrogen-bond acceptors (Lipinski definition) is 33. The van der Waals surface area contributed by atoms with Gasteiger partial charge in [-0.15, -0.1) is 0 Å². The van der Waals surface area contributed by atoms with E-state index in [0.717, 1.165) is 25.8 Å². The molecular formula is C84H186N19O29+15. The van der Waals surface area contributed by atoms with E-state index in [-0.39, 0.29) is 171 Å². The second kappa shape index (κ2) is 50.3. The first-order valence-electron chi connectivity index (χ1n) is 48.7. The summed E-state index contributed by atoms with van der Waals surface area (Å²) in [6.07, 6.45) is -23.7. The minimum atomic E-state index is -1.48. The van der Waals surface area contributed by atoms with Crippen LogP contribution in [-0.2, 0) is 47.4 Å². The summed E-state index contributed by atoms with van der Waals surface area (Å²) >= 11 is 0. The van der Waals surface area contributed by atoms with Crippen molar-refractivity contribution in [3.8, 4) is 0 Å². The lowest BCUT2D eigenvalue weighted by Crippen LogP contribution is -2.83. The third-order valence-electron chi connectivity index (χ3n) is 32.6. The Morgan fingerprint density at radius 2 is 0.697 bits per heavy atom. The zero-order valence-electron chi connectivity index (χ0n) is 78.7. The third-order valence-corrected chi connectivity index (χ3v) is 32.6. The van der Waals surface area contributed by atoms with Gasteiger partial charge in [0, 0.05) is 66.0 Å². The Morgan fingerprint density at radius 3 is 1.08 bits per heavy atom. The van der Waals surface area contributed by atoms with Gasteiger partial charge >= 0.3 is 0 Å². The van der Waals surface area contributed by atoms with E-state index in [1.165, 1.54) is 0 Å². The monoisotopic (exact) mass is 1930 g/mol. The number of aliphatic hydroxyl groups is 19. The maximum atomic E-state index is 11.2. The summed E-state index contributed by atoms with van der Waals surface area (Å²) in [4.78, 5) is 0. The van der Waals surface area contributed by atoms with E-state index < -0.39 is 226 Å². The molecule has 59 atom stereocenters. The third kappa shape index (κ3) is 25.8. The molecule has 48 nitrogen and oxygen atoms in total. The molecule has 7 saturated carbocycles. The van der Waals surface area contributed by atoms with Gasteiger partial charge in [-0.25, -0.2) is 0 Å². The highest BCUT2D eigenvalue weighted by Gasteiger charge is 2.60. The summed E-state index contributed by atoms with van der Waals surface area (Å²) in [5, 5.41) is 200. The minimum Gasteiger partial charge on any atom is -0.394 e. The van der Waals surface area contributed by atoms with Crippen LogP contribution in [0.2, 0.25) is 0 Å². The molecule has 12 fully saturated rings. The summed E-state index contributed by atoms with van der Waals surface area (Å²) < 4.78 is 60.2. The number of nitrogens with two attached hydrogens (primary N) is 4. The van der Waals surface area contributed by atoms with Crippen molar-refractivity contribution < 1.29 is 230 Å². The van der Waals surface area contributed by atoms with Crippen molar-refractivity contribution in [2.75, 3.05) is 52.5 Å². The molecule has 5 saturated heterocycles. The fraction of sp³-hybridized carbons (Fsp3) is 1.00. The van der Waals surface area contributed by atoms with Crippen LogP contribution in [0.4, 0.5) is 0 Å². The highest BCUT2D eigenvalue weighted by atomic mass is 16.7. The van der Waals surface area contributed by atoms with E-state index in [9.17, 15) is 97.0 Å². The van der Waals surface area contributed by atoms with Crippen LogP contribution in [0, 0.1) is 65.1 Å². The summed E-state index contributed by atoms with van der Waals surface area (Å²) in [5.41, 5.74) is 85.4. The zero-order valence-corrected chi connectivity index (χ0v) is 78.7. The van der Waals surface area contributed by atoms with Crippen molar-refractivity contribution in [1.29, 1.82) is 0 Å². The quantitative estimate of drug-likeness (QED) is 0.0404. The van der Waals surface area contributed by atoms with Crippen LogP contribution in [0.25, 0.3) is 0 Å². The molecule has 0 aromatic carbocycles. The van der Waals surface area contributed by atoms with Crippen molar-refractivity contribution >= 4 is 0 Å². The Morgan fingerprint density at radius 1 is 0.318 bits per heavy atom. The first-order valence-corrected chi connectivity index (χ1v) is 48.7. The largest absolute Gasteiger partial charge is 0.394 e. The number of quaternary nitrogens is 15. The molecule has 5 heterocycles. The van der Waals surface area contributed by atoms with Crippen LogP contribution >= 0.6 is 0 Å². The molecule has 72 N–H and O–H groups in total. The number of rotatable bonds is 25. The number of hydrogen-bond donors (Lipinski definition) is 38. The van der Waals surface area contributed by atoms with Crippen LogP contribution < -0.4 is 109 Å². The van der Waals surface area contributed by atoms with Crippen molar-refractivity contribution in [3.63, 3.8) is 0 Å². The lowest BCUT2D eigenvalue weighted by atomic mass is 9.72. The molecular weight excluding hydrogens is 1740 g/mol. The Hall–Kier alpha value is -1.92. The predicted molar refractivity (Wildman–Crippen MR) is 456 cm³/mol. The van der Waals surface area contributed by atoms with E-state index >= 15 is 0 Å². The molecule has 7 unspecified atom stereocenters. The lowest BCUT2D eigenvalue weighted by Gasteiger charge is -2.47. The Kier molecular flexibility index (Phi) is 43.4. The predicted octanol–water partition coefficient (Wildman–Crippen LogP) is -28.2. The van der Waals surface area contributed by atoms with E-state index in [0.29, 0.717) is 64.7 Å². The van der Waals surface area contributed by atoms with Crippen LogP contribution in [0.15, 0.2) is 0 Å². The first-order chi connectivity index (χ1) is 62.1. The van der Waals surface area contributed by atoms with Gasteiger partial charge < -0.3 is 253 Å². The summed E-state index contributed by atoms with van der Waals surface area (Å²) in [6, 6.07) is -5.11. The molecule has 776 valence electrons. The molecule has 0 bridgehead atoms. The summed E-state index contributed by atoms with van der Waals surface area (Å²) in [6.45, 7) is 12.4. The SMILES string of the molecule is CC1COC(O[C@@H]2C(N)CC(N)[C@@H](O[C@H]3OC(CN)[C@@H](O)[C@H](O)C3N)[C@@H]2O)C(O)[C@@H]1O.C[C@@H]1[C@@H](C[NH3+])C[C@H](O[C@H]2[C@H](C[C@@H]3O[C@H](C)[C@@H](O)[C@@H](CCC[NH3+])[C@H]3O)[C@@H](O)[C@H]([NH3+])C[C@@H]2[NH3+])[C@H]([NH3+])[C@H]1O.C[C@@H]1[C@@H](C[NH3+])C[C@H](O[C@H]2[C@H](C[C@@H]3O[C@H](CO)[C@@H](O)[C@H](O)[C@H]3O)[C@@H](O)[C@H]([NH3+])C[C@@H]2[NH3+])[C@H]([NH3+])[C@H]1O.C[C@@H]1[C@@H](C[NH3+])C[C@H](O[C@H]2[C@H](C[C@@H]3O[C@H](C[NH3+])[C@@H]([NH3+])[C@H](O)[C@H]3O)[C@@H](O)[C@H]([NH3+])C[C@@H]2[NH3+])[C@H]([NH3+])[C@H]1O. The Labute approximate surface area is 772 Å². The highest BCUT2D eigenvalue weighted by molar-refractivity contribution is 5.07. The standard InChI is InChI=1S/C24H49N5O6.C21H44N6O6.C21H42N4O8.C18H36N4O9/c1-10-12(9-26)6-17(19(29)20(10)30)35-24-14(22(32)15(27)8-16(24)28)7-18-23(33)13(4-3-5-25)21(31)11(2)34-18;1-7-8(5-22)2-12(15(26)17(7)28)33-21-9(18(29)10(24)4-11(21)25)3-13-19(30)20(31)16(27)14(6-23)32-13;1-7-8(5-22)2-12(15(25)16(7)27)33-21-9(17(28)10(23)4-11(21)24)3-13-18(29)20(31)19(30)14(6-26)32-13;1-5-4-28-18(13(26)10(5)23)31-16-7(21)2-6(20)15(14(16)27)30-17-9(22)12(25)11(24)8(3-19)29-17/h10-24,30-33H,3-9,25-29H2,1-2H3;7-21,28-31H,2-6,22-27H2,1H3;7-21,26-31H,2-6,22-25H2,1H3;5-18,23-27H,2-4,19-22H2,1H3/p+15/t10-,11-,12-,13-,14-,15-,16+,17+,18+,19+,20+,21-,22-,23-,24+;7-,8-,9-,10-,11+,12+,13+,14-,15+,16-,17+,18-,19+,20+,21+;7-,8-,9-,10-,11+,12+,13+,14-,15+,16+,17-,18+,19-,20-,21+;5?,6?,7?,8?,9?,10-,11-,12-,13?,14+,15-,16-,17-,18?/m1111/s1. The van der Waals surface area contributed by atoms with E-state index in [2.05, 4.69) is 86.0 Å². The Bertz CT molecular complexity index is 3240. The number of ether oxygens (including phenoxy) is 10. The van der Waals surface area contributed by atoms with E-state index in [1.807, 2.05) is 27.7 Å². The van der Waals surface area contributed by atoms with Gasteiger partial charge in [-0.1, -0.05) is 27.7 Å². The smallest absolute Gasteiger partial charge is 0.186 e. The molecule has 0 amide bonds. The molecule has 0 radical (unpaired) electrons. The van der Waals surface area contributed by atoms with E-state index in [4.69, 9.17) is 70.3 Å². The zero-order chi connectivity index (χ0) is 98.3. The molecule has 0 aromatic rings. The maximum Gasteiger partial charge on any atom is 0.186 e. The van der Waals surface area contributed by atoms with Gasteiger partial charge in [-0.05, 0) is 82.5 Å². The first kappa shape index (κ1) is 114. The molecule has 132 heavy (non-hydrogen) atoms. The second-order valence-corrected chi connectivity index (χ2v) is 41.5. The fourth-order valence-electron chi connectivity index (χ4n) is 23.3. The molecule has 0 spiro atoms. The average Bonchev–Trinajstić information content (AvgIpc) is 0.783. The van der Waals surface area contributed by atoms with Crippen molar-refractivity contribution in [2.45, 2.75) is 404 Å². The molecule has 12 rings (SSSR count). The van der Waals surface area contributed by atoms with Crippen molar-refractivity contribution in [2.24, 2.45) is 88.0 Å². The minimum absolute atomic E-state index is 0.0616. The van der Waals surface area contributed by atoms with Crippen LogP contribution in [-0.4, -0.2) is 442 Å². The normalized spacial score (nSPS) is 53.2. The van der Waals surface area contributed by atoms with Gasteiger partial charge in [-0.2, -0.15) is 0 Å².